The van der Waals surface area contributed by atoms with E-state index in [1.54, 1.807) is 18.3 Å². The zero-order valence-electron chi connectivity index (χ0n) is 12.5. The summed E-state index contributed by atoms with van der Waals surface area (Å²) in [6, 6.07) is 13.9. The second-order valence-electron chi connectivity index (χ2n) is 5.01. The molecule has 0 fully saturated rings. The van der Waals surface area contributed by atoms with E-state index in [1.807, 2.05) is 42.5 Å². The lowest BCUT2D eigenvalue weighted by Crippen LogP contribution is -1.81. The zero-order valence-corrected chi connectivity index (χ0v) is 13.3. The Kier molecular flexibility index (Phi) is 3.40. The number of thiophene rings is 1. The molecule has 0 atom stereocenters. The molecule has 0 aliphatic carbocycles. The van der Waals surface area contributed by atoms with Crippen molar-refractivity contribution < 1.29 is 4.52 Å². The normalized spacial score (nSPS) is 10.7. The Labute approximate surface area is 140 Å². The third-order valence-electron chi connectivity index (χ3n) is 3.43. The van der Waals surface area contributed by atoms with E-state index in [1.165, 1.54) is 0 Å². The van der Waals surface area contributed by atoms with E-state index in [4.69, 9.17) is 9.78 Å². The van der Waals surface area contributed by atoms with Gasteiger partial charge in [0.05, 0.1) is 4.88 Å². The third-order valence-corrected chi connectivity index (χ3v) is 4.57. The van der Waals surface area contributed by atoms with Crippen molar-refractivity contribution in [1.29, 1.82) is 5.26 Å². The Bertz CT molecular complexity index is 1050. The quantitative estimate of drug-likeness (QED) is 0.615. The van der Waals surface area contributed by atoms with E-state index in [9.17, 15) is 0 Å². The molecule has 1 N–H and O–H groups in total. The van der Waals surface area contributed by atoms with E-state index in [0.717, 1.165) is 20.9 Å². The smallest absolute Gasteiger partial charge is 0.223 e. The summed E-state index contributed by atoms with van der Waals surface area (Å²) in [6.45, 7) is 1.76. The van der Waals surface area contributed by atoms with E-state index in [2.05, 4.69) is 25.6 Å². The Morgan fingerprint density at radius 2 is 1.96 bits per heavy atom. The number of hydrogen-bond acceptors (Lipinski definition) is 7. The van der Waals surface area contributed by atoms with Gasteiger partial charge in [-0.3, -0.25) is 0 Å². The summed E-state index contributed by atoms with van der Waals surface area (Å²) >= 11 is 1.54. The monoisotopic (exact) mass is 334 g/mol. The van der Waals surface area contributed by atoms with Gasteiger partial charge in [-0.25, -0.2) is 0 Å². The van der Waals surface area contributed by atoms with Crippen LogP contribution in [0.4, 0.5) is 0 Å². The molecule has 0 radical (unpaired) electrons. The summed E-state index contributed by atoms with van der Waals surface area (Å²) in [4.78, 5) is 6.19. The fourth-order valence-electron chi connectivity index (χ4n) is 2.33. The second kappa shape index (κ2) is 5.72. The minimum Gasteiger partial charge on any atom is -0.339 e. The lowest BCUT2D eigenvalue weighted by molar-refractivity contribution is 0.394. The number of H-pyrrole nitrogens is 1. The number of rotatable bonds is 3. The molecule has 3 aromatic heterocycles. The summed E-state index contributed by atoms with van der Waals surface area (Å²) in [7, 11) is 0. The van der Waals surface area contributed by atoms with Crippen LogP contribution in [0.2, 0.25) is 0 Å². The van der Waals surface area contributed by atoms with Crippen molar-refractivity contribution in [2.45, 2.75) is 6.92 Å². The molecule has 0 bridgehead atoms. The van der Waals surface area contributed by atoms with Crippen LogP contribution in [0.5, 0.6) is 0 Å². The van der Waals surface area contributed by atoms with E-state index in [0.29, 0.717) is 23.1 Å². The van der Waals surface area contributed by atoms with Crippen molar-refractivity contribution in [2.75, 3.05) is 0 Å². The van der Waals surface area contributed by atoms with Gasteiger partial charge in [-0.1, -0.05) is 23.4 Å². The highest BCUT2D eigenvalue weighted by atomic mass is 32.1. The largest absolute Gasteiger partial charge is 0.339 e. The Morgan fingerprint density at radius 1 is 1.12 bits per heavy atom. The van der Waals surface area contributed by atoms with Crippen LogP contribution >= 0.6 is 11.3 Å². The summed E-state index contributed by atoms with van der Waals surface area (Å²) in [5, 5.41) is 23.4. The van der Waals surface area contributed by atoms with Gasteiger partial charge in [0.15, 0.2) is 5.69 Å². The fraction of sp³-hybridized carbons (Fsp3) is 0.0625. The van der Waals surface area contributed by atoms with Crippen molar-refractivity contribution >= 4 is 11.3 Å². The molecule has 0 spiro atoms. The summed E-state index contributed by atoms with van der Waals surface area (Å²) in [6.07, 6.45) is 0. The van der Waals surface area contributed by atoms with Crippen LogP contribution in [0.3, 0.4) is 0 Å². The predicted octanol–water partition coefficient (Wildman–Crippen LogP) is 3.43. The van der Waals surface area contributed by atoms with Gasteiger partial charge in [-0.2, -0.15) is 20.6 Å². The van der Waals surface area contributed by atoms with Gasteiger partial charge in [0.2, 0.25) is 11.7 Å². The molecule has 8 heteroatoms. The van der Waals surface area contributed by atoms with Crippen molar-refractivity contribution in [2.24, 2.45) is 0 Å². The van der Waals surface area contributed by atoms with Gasteiger partial charge in [0, 0.05) is 17.4 Å². The summed E-state index contributed by atoms with van der Waals surface area (Å²) < 4.78 is 5.04. The van der Waals surface area contributed by atoms with Crippen LogP contribution in [0.15, 0.2) is 40.9 Å². The van der Waals surface area contributed by atoms with Gasteiger partial charge in [-0.15, -0.1) is 16.4 Å². The van der Waals surface area contributed by atoms with Gasteiger partial charge in [0.1, 0.15) is 11.8 Å². The molecule has 0 unspecified atom stereocenters. The number of nitrogens with one attached hydrogen (secondary N) is 1. The van der Waals surface area contributed by atoms with Gasteiger partial charge in [0.25, 0.3) is 0 Å². The highest BCUT2D eigenvalue weighted by molar-refractivity contribution is 7.18. The van der Waals surface area contributed by atoms with Crippen LogP contribution in [0.1, 0.15) is 11.6 Å². The number of nitrogens with zero attached hydrogens (tertiary/aromatic N) is 5. The summed E-state index contributed by atoms with van der Waals surface area (Å²) in [5.41, 5.74) is 2.78. The number of hydrogen-bond donors (Lipinski definition) is 1. The number of aromatic amines is 1. The Morgan fingerprint density at radius 3 is 2.75 bits per heavy atom. The van der Waals surface area contributed by atoms with Gasteiger partial charge in [-0.05, 0) is 23.8 Å². The first-order valence-electron chi connectivity index (χ1n) is 7.07. The molecule has 0 aliphatic rings. The lowest BCUT2D eigenvalue weighted by atomic mass is 10.1. The molecule has 1 aromatic carbocycles. The molecule has 0 aliphatic heterocycles. The van der Waals surface area contributed by atoms with Crippen LogP contribution in [0, 0.1) is 18.3 Å². The number of nitriles is 1. The molecule has 3 heterocycles. The highest BCUT2D eigenvalue weighted by Gasteiger charge is 2.14. The Hall–Kier alpha value is -3.31. The van der Waals surface area contributed by atoms with Crippen molar-refractivity contribution in [3.05, 3.63) is 48.0 Å². The average Bonchev–Trinajstić information content (AvgIpc) is 3.34. The maximum absolute atomic E-state index is 9.07. The van der Waals surface area contributed by atoms with E-state index >= 15 is 0 Å². The van der Waals surface area contributed by atoms with Crippen LogP contribution in [-0.2, 0) is 0 Å². The molecule has 0 saturated carbocycles. The molecule has 4 aromatic rings. The highest BCUT2D eigenvalue weighted by Crippen LogP contribution is 2.35. The second-order valence-corrected chi connectivity index (χ2v) is 6.10. The first-order valence-corrected chi connectivity index (χ1v) is 7.88. The van der Waals surface area contributed by atoms with Gasteiger partial charge < -0.3 is 4.52 Å². The molecule has 7 nitrogen and oxygen atoms in total. The number of aryl methyl sites for hydroxylation is 1. The molecule has 24 heavy (non-hydrogen) atoms. The van der Waals surface area contributed by atoms with Gasteiger partial charge >= 0.3 is 0 Å². The maximum atomic E-state index is 9.07. The van der Waals surface area contributed by atoms with Crippen molar-refractivity contribution in [3.8, 4) is 38.5 Å². The zero-order chi connectivity index (χ0) is 16.5. The lowest BCUT2D eigenvalue weighted by Gasteiger charge is -2.00. The van der Waals surface area contributed by atoms with Crippen molar-refractivity contribution in [1.82, 2.24) is 25.6 Å². The van der Waals surface area contributed by atoms with Crippen LogP contribution in [0.25, 0.3) is 32.4 Å². The van der Waals surface area contributed by atoms with Crippen molar-refractivity contribution in [3.63, 3.8) is 0 Å². The molecule has 4 rings (SSSR count). The maximum Gasteiger partial charge on any atom is 0.223 e. The van der Waals surface area contributed by atoms with Crippen LogP contribution < -0.4 is 0 Å². The molecule has 0 saturated heterocycles. The molecule has 0 amide bonds. The standard InChI is InChI=1S/C16H10N6OS/c1-9-18-16(21-23-9)11-4-2-3-10(7-11)13-5-6-14(24-13)15-12(8-17)19-22-20-15/h2-7H,1H3,(H,19,20,22). The minimum atomic E-state index is 0.291. The predicted molar refractivity (Wildman–Crippen MR) is 87.9 cm³/mol. The first-order chi connectivity index (χ1) is 11.7. The fourth-order valence-corrected chi connectivity index (χ4v) is 3.32. The average molecular weight is 334 g/mol. The SMILES string of the molecule is Cc1nc(-c2cccc(-c3ccc(-c4n[nH]nc4C#N)s3)c2)no1. The first kappa shape index (κ1) is 14.3. The van der Waals surface area contributed by atoms with Crippen LogP contribution in [-0.4, -0.2) is 25.6 Å². The molecular formula is C16H10N6OS. The molecular weight excluding hydrogens is 324 g/mol. The minimum absolute atomic E-state index is 0.291. The van der Waals surface area contributed by atoms with E-state index < -0.39 is 0 Å². The topological polar surface area (TPSA) is 104 Å². The molecule has 116 valence electrons. The number of aromatic nitrogens is 5. The summed E-state index contributed by atoms with van der Waals surface area (Å²) in [5.74, 6) is 1.10. The third kappa shape index (κ3) is 2.47. The number of benzene rings is 1. The Balaban J connectivity index is 1.72. The van der Waals surface area contributed by atoms with E-state index in [-0.39, 0.29) is 0 Å².